The summed E-state index contributed by atoms with van der Waals surface area (Å²) in [6.07, 6.45) is 1.51. The molecule has 0 aliphatic carbocycles. The third-order valence-corrected chi connectivity index (χ3v) is 4.97. The first-order valence-electron chi connectivity index (χ1n) is 6.11. The largest absolute Gasteiger partial charge is 0.508 e. The van der Waals surface area contributed by atoms with Crippen LogP contribution in [0.3, 0.4) is 0 Å². The summed E-state index contributed by atoms with van der Waals surface area (Å²) in [5.41, 5.74) is 1.31. The number of aryl methyl sites for hydroxylation is 1. The number of aromatic nitrogens is 1. The number of nitrogens with zero attached hydrogens (tertiary/aromatic N) is 1. The molecule has 0 unspecified atom stereocenters. The minimum Gasteiger partial charge on any atom is -0.508 e. The zero-order valence-corrected chi connectivity index (χ0v) is 11.6. The molecule has 1 aromatic heterocycles. The predicted molar refractivity (Wildman–Crippen MR) is 77.4 cm³/mol. The fourth-order valence-corrected chi connectivity index (χ4v) is 3.66. The molecule has 0 atom stereocenters. The molecule has 20 heavy (non-hydrogen) atoms. The van der Waals surface area contributed by atoms with Gasteiger partial charge in [0.05, 0.1) is 10.4 Å². The highest BCUT2D eigenvalue weighted by molar-refractivity contribution is 7.90. The van der Waals surface area contributed by atoms with Crippen LogP contribution in [-0.2, 0) is 10.0 Å². The lowest BCUT2D eigenvalue weighted by molar-refractivity contribution is 0.475. The second-order valence-electron chi connectivity index (χ2n) is 4.63. The van der Waals surface area contributed by atoms with E-state index in [1.807, 2.05) is 6.92 Å². The molecule has 1 N–H and O–H groups in total. The van der Waals surface area contributed by atoms with Crippen LogP contribution in [0.4, 0.5) is 0 Å². The molecule has 0 amide bonds. The number of hydrogen-bond acceptors (Lipinski definition) is 3. The molecule has 0 saturated heterocycles. The van der Waals surface area contributed by atoms with Crippen molar-refractivity contribution in [2.24, 2.45) is 0 Å². The topological polar surface area (TPSA) is 59.3 Å². The van der Waals surface area contributed by atoms with Crippen molar-refractivity contribution in [1.82, 2.24) is 3.97 Å². The molecule has 4 nitrogen and oxygen atoms in total. The second-order valence-corrected chi connectivity index (χ2v) is 6.44. The summed E-state index contributed by atoms with van der Waals surface area (Å²) in [6, 6.07) is 13.0. The fourth-order valence-electron chi connectivity index (χ4n) is 2.30. The van der Waals surface area contributed by atoms with Crippen LogP contribution in [0.15, 0.2) is 59.6 Å². The number of hydrogen-bond donors (Lipinski definition) is 1. The van der Waals surface area contributed by atoms with Crippen LogP contribution >= 0.6 is 0 Å². The third kappa shape index (κ3) is 1.87. The zero-order valence-electron chi connectivity index (χ0n) is 10.8. The Morgan fingerprint density at radius 3 is 2.45 bits per heavy atom. The van der Waals surface area contributed by atoms with Crippen molar-refractivity contribution in [3.05, 3.63) is 60.3 Å². The first-order valence-corrected chi connectivity index (χ1v) is 7.55. The van der Waals surface area contributed by atoms with Crippen molar-refractivity contribution in [2.45, 2.75) is 11.8 Å². The van der Waals surface area contributed by atoms with Crippen LogP contribution in [0.5, 0.6) is 5.75 Å². The Labute approximate surface area is 117 Å². The van der Waals surface area contributed by atoms with Gasteiger partial charge in [-0.3, -0.25) is 0 Å². The molecule has 3 rings (SSSR count). The van der Waals surface area contributed by atoms with Crippen molar-refractivity contribution in [2.75, 3.05) is 0 Å². The molecule has 0 radical (unpaired) electrons. The predicted octanol–water partition coefficient (Wildman–Crippen LogP) is 2.89. The van der Waals surface area contributed by atoms with Crippen LogP contribution in [0.2, 0.25) is 0 Å². The number of phenolic OH excluding ortho intramolecular Hbond substituents is 1. The van der Waals surface area contributed by atoms with Gasteiger partial charge in [0.25, 0.3) is 10.0 Å². The standard InChI is InChI=1S/C15H13NO3S/c1-11-9-12(17)10-15-14(11)7-8-16(15)20(18,19)13-5-3-2-4-6-13/h2-10,17H,1H3. The fraction of sp³-hybridized carbons (Fsp3) is 0.0667. The Morgan fingerprint density at radius 1 is 1.05 bits per heavy atom. The Balaban J connectivity index is 2.31. The van der Waals surface area contributed by atoms with Gasteiger partial charge < -0.3 is 5.11 Å². The van der Waals surface area contributed by atoms with E-state index in [0.717, 1.165) is 10.9 Å². The Kier molecular flexibility index (Phi) is 2.79. The molecule has 2 aromatic carbocycles. The molecule has 0 bridgehead atoms. The summed E-state index contributed by atoms with van der Waals surface area (Å²) >= 11 is 0. The van der Waals surface area contributed by atoms with Gasteiger partial charge in [0.2, 0.25) is 0 Å². The zero-order chi connectivity index (χ0) is 14.3. The number of fused-ring (bicyclic) bond motifs is 1. The monoisotopic (exact) mass is 287 g/mol. The maximum absolute atomic E-state index is 12.6. The van der Waals surface area contributed by atoms with E-state index in [2.05, 4.69) is 0 Å². The number of benzene rings is 2. The van der Waals surface area contributed by atoms with Crippen LogP contribution in [0, 0.1) is 6.92 Å². The van der Waals surface area contributed by atoms with Crippen molar-refractivity contribution >= 4 is 20.9 Å². The Morgan fingerprint density at radius 2 is 1.75 bits per heavy atom. The molecule has 3 aromatic rings. The summed E-state index contributed by atoms with van der Waals surface area (Å²) in [4.78, 5) is 0.221. The van der Waals surface area contributed by atoms with Gasteiger partial charge in [-0.15, -0.1) is 0 Å². The van der Waals surface area contributed by atoms with Gasteiger partial charge in [-0.1, -0.05) is 18.2 Å². The van der Waals surface area contributed by atoms with Gasteiger partial charge in [0, 0.05) is 17.6 Å². The van der Waals surface area contributed by atoms with Gasteiger partial charge in [0.15, 0.2) is 0 Å². The molecular weight excluding hydrogens is 274 g/mol. The van der Waals surface area contributed by atoms with Crippen LogP contribution in [0.25, 0.3) is 10.9 Å². The van der Waals surface area contributed by atoms with Gasteiger partial charge in [-0.05, 0) is 36.8 Å². The highest BCUT2D eigenvalue weighted by Gasteiger charge is 2.19. The van der Waals surface area contributed by atoms with Crippen LogP contribution < -0.4 is 0 Å². The summed E-state index contributed by atoms with van der Waals surface area (Å²) < 4.78 is 26.4. The average molecular weight is 287 g/mol. The van der Waals surface area contributed by atoms with Gasteiger partial charge >= 0.3 is 0 Å². The van der Waals surface area contributed by atoms with E-state index in [1.165, 1.54) is 16.2 Å². The van der Waals surface area contributed by atoms with E-state index in [1.54, 1.807) is 42.5 Å². The summed E-state index contributed by atoms with van der Waals surface area (Å²) in [7, 11) is -3.65. The molecule has 1 heterocycles. The average Bonchev–Trinajstić information content (AvgIpc) is 2.84. The summed E-state index contributed by atoms with van der Waals surface area (Å²) in [6.45, 7) is 1.83. The molecule has 0 spiro atoms. The smallest absolute Gasteiger partial charge is 0.268 e. The van der Waals surface area contributed by atoms with E-state index in [4.69, 9.17) is 0 Å². The van der Waals surface area contributed by atoms with E-state index in [0.29, 0.717) is 5.52 Å². The number of aromatic hydroxyl groups is 1. The molecule has 0 aliphatic heterocycles. The SMILES string of the molecule is Cc1cc(O)cc2c1ccn2S(=O)(=O)c1ccccc1. The van der Waals surface area contributed by atoms with Crippen molar-refractivity contribution in [1.29, 1.82) is 0 Å². The normalized spacial score (nSPS) is 11.8. The van der Waals surface area contributed by atoms with Crippen LogP contribution in [0.1, 0.15) is 5.56 Å². The van der Waals surface area contributed by atoms with Crippen molar-refractivity contribution in [3.63, 3.8) is 0 Å². The summed E-state index contributed by atoms with van der Waals surface area (Å²) in [5.74, 6) is 0.0539. The molecular formula is C15H13NO3S. The maximum Gasteiger partial charge on any atom is 0.268 e. The van der Waals surface area contributed by atoms with Crippen molar-refractivity contribution in [3.8, 4) is 5.75 Å². The lowest BCUT2D eigenvalue weighted by Gasteiger charge is -2.08. The Hall–Kier alpha value is -2.27. The van der Waals surface area contributed by atoms with Gasteiger partial charge in [-0.25, -0.2) is 12.4 Å². The maximum atomic E-state index is 12.6. The second kappa shape index (κ2) is 4.38. The van der Waals surface area contributed by atoms with Crippen molar-refractivity contribution < 1.29 is 13.5 Å². The minimum absolute atomic E-state index is 0.0539. The quantitative estimate of drug-likeness (QED) is 0.788. The molecule has 0 saturated carbocycles. The molecule has 102 valence electrons. The van der Waals surface area contributed by atoms with Gasteiger partial charge in [-0.2, -0.15) is 0 Å². The van der Waals surface area contributed by atoms with Gasteiger partial charge in [0.1, 0.15) is 5.75 Å². The highest BCUT2D eigenvalue weighted by atomic mass is 32.2. The minimum atomic E-state index is -3.65. The highest BCUT2D eigenvalue weighted by Crippen LogP contribution is 2.28. The van der Waals surface area contributed by atoms with E-state index >= 15 is 0 Å². The molecule has 0 aliphatic rings. The lowest BCUT2D eigenvalue weighted by Crippen LogP contribution is -2.11. The lowest BCUT2D eigenvalue weighted by atomic mass is 10.1. The van der Waals surface area contributed by atoms with E-state index < -0.39 is 10.0 Å². The first-order chi connectivity index (χ1) is 9.50. The molecule has 5 heteroatoms. The first kappa shape index (κ1) is 12.7. The Bertz CT molecular complexity index is 880. The van der Waals surface area contributed by atoms with E-state index in [9.17, 15) is 13.5 Å². The van der Waals surface area contributed by atoms with Crippen LogP contribution in [-0.4, -0.2) is 17.5 Å². The summed E-state index contributed by atoms with van der Waals surface area (Å²) in [5, 5.41) is 10.5. The van der Waals surface area contributed by atoms with E-state index in [-0.39, 0.29) is 10.6 Å². The molecule has 0 fully saturated rings. The number of rotatable bonds is 2. The third-order valence-electron chi connectivity index (χ3n) is 3.26. The number of phenols is 1.